The molecular formula is C11H20O. The van der Waals surface area contributed by atoms with E-state index >= 15 is 0 Å². The van der Waals surface area contributed by atoms with Crippen molar-refractivity contribution in [3.8, 4) is 0 Å². The standard InChI is InChI=1S/C11H20O/c1-5-10-11(4,12-10)8-6-7-9(2)3/h7,10H,5-6,8H2,1-4H3/t10-,11+/m1/s1. The van der Waals surface area contributed by atoms with Crippen LogP contribution in [0.15, 0.2) is 11.6 Å². The average Bonchev–Trinajstić information content (AvgIpc) is 2.61. The molecule has 1 saturated heterocycles. The van der Waals surface area contributed by atoms with Crippen molar-refractivity contribution in [3.05, 3.63) is 11.6 Å². The van der Waals surface area contributed by atoms with E-state index in [0.29, 0.717) is 6.10 Å². The lowest BCUT2D eigenvalue weighted by atomic mass is 9.99. The van der Waals surface area contributed by atoms with Gasteiger partial charge in [0.25, 0.3) is 0 Å². The molecule has 0 bridgehead atoms. The number of epoxide rings is 1. The highest BCUT2D eigenvalue weighted by atomic mass is 16.6. The van der Waals surface area contributed by atoms with Crippen LogP contribution in [0.2, 0.25) is 0 Å². The Hall–Kier alpha value is -0.300. The fourth-order valence-electron chi connectivity index (χ4n) is 1.67. The summed E-state index contributed by atoms with van der Waals surface area (Å²) in [6.45, 7) is 8.71. The predicted molar refractivity (Wildman–Crippen MR) is 52.2 cm³/mol. The van der Waals surface area contributed by atoms with Gasteiger partial charge in [0.1, 0.15) is 0 Å². The van der Waals surface area contributed by atoms with Crippen LogP contribution in [0.3, 0.4) is 0 Å². The minimum atomic E-state index is 0.209. The minimum absolute atomic E-state index is 0.209. The zero-order valence-corrected chi connectivity index (χ0v) is 8.68. The van der Waals surface area contributed by atoms with Crippen molar-refractivity contribution in [2.75, 3.05) is 0 Å². The summed E-state index contributed by atoms with van der Waals surface area (Å²) in [6, 6.07) is 0. The Morgan fingerprint density at radius 2 is 2.17 bits per heavy atom. The third-order valence-electron chi connectivity index (χ3n) is 2.60. The monoisotopic (exact) mass is 168 g/mol. The predicted octanol–water partition coefficient (Wildman–Crippen LogP) is 3.30. The van der Waals surface area contributed by atoms with Crippen molar-refractivity contribution in [3.63, 3.8) is 0 Å². The average molecular weight is 168 g/mol. The maximum atomic E-state index is 5.61. The highest BCUT2D eigenvalue weighted by Crippen LogP contribution is 2.42. The Balaban J connectivity index is 2.21. The second kappa shape index (κ2) is 3.61. The Labute approximate surface area is 75.8 Å². The van der Waals surface area contributed by atoms with Crippen LogP contribution >= 0.6 is 0 Å². The van der Waals surface area contributed by atoms with Crippen molar-refractivity contribution in [1.29, 1.82) is 0 Å². The van der Waals surface area contributed by atoms with Gasteiger partial charge in [-0.1, -0.05) is 18.6 Å². The van der Waals surface area contributed by atoms with Gasteiger partial charge >= 0.3 is 0 Å². The molecule has 0 aromatic carbocycles. The van der Waals surface area contributed by atoms with Crippen LogP contribution in [0.5, 0.6) is 0 Å². The molecule has 70 valence electrons. The van der Waals surface area contributed by atoms with Crippen molar-refractivity contribution in [2.45, 2.75) is 58.7 Å². The molecule has 0 saturated carbocycles. The lowest BCUT2D eigenvalue weighted by Crippen LogP contribution is -2.08. The van der Waals surface area contributed by atoms with Gasteiger partial charge in [-0.05, 0) is 40.0 Å². The third-order valence-corrected chi connectivity index (χ3v) is 2.60. The Morgan fingerprint density at radius 1 is 1.50 bits per heavy atom. The van der Waals surface area contributed by atoms with Crippen molar-refractivity contribution >= 4 is 0 Å². The van der Waals surface area contributed by atoms with Gasteiger partial charge in [0.05, 0.1) is 11.7 Å². The van der Waals surface area contributed by atoms with Gasteiger partial charge in [-0.25, -0.2) is 0 Å². The highest BCUT2D eigenvalue weighted by Gasteiger charge is 2.49. The number of hydrogen-bond acceptors (Lipinski definition) is 1. The second-order valence-electron chi connectivity index (χ2n) is 4.15. The van der Waals surface area contributed by atoms with Crippen LogP contribution in [0.1, 0.15) is 47.0 Å². The van der Waals surface area contributed by atoms with E-state index in [1.807, 2.05) is 0 Å². The van der Waals surface area contributed by atoms with Gasteiger partial charge in [-0.3, -0.25) is 0 Å². The molecule has 12 heavy (non-hydrogen) atoms. The first-order chi connectivity index (χ1) is 5.58. The summed E-state index contributed by atoms with van der Waals surface area (Å²) < 4.78 is 5.61. The lowest BCUT2D eigenvalue weighted by Gasteiger charge is -2.02. The summed E-state index contributed by atoms with van der Waals surface area (Å²) in [4.78, 5) is 0. The number of allylic oxidation sites excluding steroid dienone is 2. The zero-order valence-electron chi connectivity index (χ0n) is 8.68. The molecule has 1 rings (SSSR count). The molecule has 0 radical (unpaired) electrons. The third kappa shape index (κ3) is 2.34. The molecule has 0 unspecified atom stereocenters. The first kappa shape index (κ1) is 9.79. The SMILES string of the molecule is CC[C@H]1O[C@@]1(C)CCC=C(C)C. The van der Waals surface area contributed by atoms with Crippen LogP contribution in [0.4, 0.5) is 0 Å². The molecule has 0 N–H and O–H groups in total. The van der Waals surface area contributed by atoms with Gasteiger partial charge in [0, 0.05) is 0 Å². The molecule has 1 heteroatoms. The Bertz CT molecular complexity index is 179. The molecule has 0 amide bonds. The van der Waals surface area contributed by atoms with Gasteiger partial charge < -0.3 is 4.74 Å². The van der Waals surface area contributed by atoms with Crippen molar-refractivity contribution in [1.82, 2.24) is 0 Å². The van der Waals surface area contributed by atoms with Crippen molar-refractivity contribution < 1.29 is 4.74 Å². The molecule has 1 aliphatic rings. The summed E-state index contributed by atoms with van der Waals surface area (Å²) in [5.41, 5.74) is 1.62. The summed E-state index contributed by atoms with van der Waals surface area (Å²) in [5, 5.41) is 0. The largest absolute Gasteiger partial charge is 0.366 e. The van der Waals surface area contributed by atoms with Crippen LogP contribution in [0, 0.1) is 0 Å². The molecule has 1 heterocycles. The highest BCUT2D eigenvalue weighted by molar-refractivity contribution is 5.01. The van der Waals surface area contributed by atoms with E-state index in [0.717, 1.165) is 12.8 Å². The molecule has 1 nitrogen and oxygen atoms in total. The maximum Gasteiger partial charge on any atom is 0.0923 e. The number of rotatable bonds is 4. The molecule has 0 aliphatic carbocycles. The van der Waals surface area contributed by atoms with Crippen LogP contribution < -0.4 is 0 Å². The van der Waals surface area contributed by atoms with Gasteiger partial charge in [-0.15, -0.1) is 0 Å². The smallest absolute Gasteiger partial charge is 0.0923 e. The zero-order chi connectivity index (χ0) is 9.19. The summed E-state index contributed by atoms with van der Waals surface area (Å²) >= 11 is 0. The molecular weight excluding hydrogens is 148 g/mol. The first-order valence-corrected chi connectivity index (χ1v) is 4.89. The maximum absolute atomic E-state index is 5.61. The summed E-state index contributed by atoms with van der Waals surface area (Å²) in [7, 11) is 0. The van der Waals surface area contributed by atoms with Crippen molar-refractivity contribution in [2.24, 2.45) is 0 Å². The topological polar surface area (TPSA) is 12.5 Å². The van der Waals surface area contributed by atoms with Crippen LogP contribution in [0.25, 0.3) is 0 Å². The van der Waals surface area contributed by atoms with Crippen LogP contribution in [-0.2, 0) is 4.74 Å². The number of hydrogen-bond donors (Lipinski definition) is 0. The molecule has 2 atom stereocenters. The van der Waals surface area contributed by atoms with E-state index in [-0.39, 0.29) is 5.60 Å². The second-order valence-corrected chi connectivity index (χ2v) is 4.15. The molecule has 1 fully saturated rings. The molecule has 0 aromatic rings. The van der Waals surface area contributed by atoms with E-state index in [1.165, 1.54) is 12.0 Å². The van der Waals surface area contributed by atoms with E-state index in [1.54, 1.807) is 0 Å². The first-order valence-electron chi connectivity index (χ1n) is 4.89. The minimum Gasteiger partial charge on any atom is -0.366 e. The molecule has 0 aromatic heterocycles. The Morgan fingerprint density at radius 3 is 2.58 bits per heavy atom. The lowest BCUT2D eigenvalue weighted by molar-refractivity contribution is 0.296. The van der Waals surface area contributed by atoms with Gasteiger partial charge in [-0.2, -0.15) is 0 Å². The van der Waals surface area contributed by atoms with E-state index in [9.17, 15) is 0 Å². The normalized spacial score (nSPS) is 33.2. The van der Waals surface area contributed by atoms with Crippen LogP contribution in [-0.4, -0.2) is 11.7 Å². The van der Waals surface area contributed by atoms with Gasteiger partial charge in [0.15, 0.2) is 0 Å². The fraction of sp³-hybridized carbons (Fsp3) is 0.818. The quantitative estimate of drug-likeness (QED) is 0.463. The summed E-state index contributed by atoms with van der Waals surface area (Å²) in [5.74, 6) is 0. The molecule has 1 aliphatic heterocycles. The Kier molecular flexibility index (Phi) is 2.94. The fourth-order valence-corrected chi connectivity index (χ4v) is 1.67. The molecule has 0 spiro atoms. The van der Waals surface area contributed by atoms with E-state index in [4.69, 9.17) is 4.74 Å². The number of ether oxygens (including phenoxy) is 1. The van der Waals surface area contributed by atoms with Gasteiger partial charge in [0.2, 0.25) is 0 Å². The summed E-state index contributed by atoms with van der Waals surface area (Å²) in [6.07, 6.45) is 6.32. The van der Waals surface area contributed by atoms with E-state index < -0.39 is 0 Å². The van der Waals surface area contributed by atoms with E-state index in [2.05, 4.69) is 33.8 Å².